The maximum atomic E-state index is 5.23. The Labute approximate surface area is 128 Å². The lowest BCUT2D eigenvalue weighted by Gasteiger charge is -1.95. The normalized spacial score (nSPS) is 10.7. The second-order valence-corrected chi connectivity index (χ2v) is 5.70. The summed E-state index contributed by atoms with van der Waals surface area (Å²) in [6, 6.07) is 9.55. The van der Waals surface area contributed by atoms with E-state index >= 15 is 0 Å². The largest absolute Gasteiger partial charge is 0.338 e. The fourth-order valence-electron chi connectivity index (χ4n) is 1.54. The molecule has 20 heavy (non-hydrogen) atoms. The Balaban J connectivity index is 1.71. The van der Waals surface area contributed by atoms with E-state index in [0.717, 1.165) is 10.0 Å². The molecule has 0 saturated carbocycles. The van der Waals surface area contributed by atoms with Gasteiger partial charge in [-0.15, -0.1) is 0 Å². The van der Waals surface area contributed by atoms with Crippen LogP contribution in [0, 0.1) is 0 Å². The van der Waals surface area contributed by atoms with Crippen molar-refractivity contribution in [3.05, 3.63) is 53.1 Å². The summed E-state index contributed by atoms with van der Waals surface area (Å²) < 4.78 is 6.21. The number of halogens is 1. The van der Waals surface area contributed by atoms with Gasteiger partial charge in [0.05, 0.1) is 5.75 Å². The van der Waals surface area contributed by atoms with Crippen molar-refractivity contribution in [2.75, 3.05) is 0 Å². The molecule has 0 saturated heterocycles. The zero-order valence-electron chi connectivity index (χ0n) is 10.2. The molecule has 3 rings (SSSR count). The quantitative estimate of drug-likeness (QED) is 0.530. The minimum absolute atomic E-state index is 0.547. The minimum atomic E-state index is 0.547. The lowest BCUT2D eigenvalue weighted by Crippen LogP contribution is -1.86. The van der Waals surface area contributed by atoms with Crippen molar-refractivity contribution in [2.24, 2.45) is 0 Å². The van der Waals surface area contributed by atoms with Gasteiger partial charge >= 0.3 is 0 Å². The standard InChI is InChI=1S/C13H9BrN4OS/c14-10-4-1-3-9(7-10)12-17-11(19-18-12)8-20-13-15-5-2-6-16-13/h1-7H,8H2. The number of hydrogen-bond donors (Lipinski definition) is 0. The van der Waals surface area contributed by atoms with Gasteiger partial charge in [0.1, 0.15) is 0 Å². The number of rotatable bonds is 4. The molecule has 0 atom stereocenters. The van der Waals surface area contributed by atoms with Crippen molar-refractivity contribution >= 4 is 27.7 Å². The van der Waals surface area contributed by atoms with E-state index in [1.54, 1.807) is 18.5 Å². The maximum Gasteiger partial charge on any atom is 0.237 e. The first-order valence-electron chi connectivity index (χ1n) is 5.79. The van der Waals surface area contributed by atoms with Crippen molar-refractivity contribution in [1.82, 2.24) is 20.1 Å². The van der Waals surface area contributed by atoms with E-state index < -0.39 is 0 Å². The van der Waals surface area contributed by atoms with Gasteiger partial charge in [-0.2, -0.15) is 4.98 Å². The number of nitrogens with zero attached hydrogens (tertiary/aromatic N) is 4. The molecule has 2 heterocycles. The first-order valence-corrected chi connectivity index (χ1v) is 7.57. The first kappa shape index (κ1) is 13.3. The average Bonchev–Trinajstić information content (AvgIpc) is 2.95. The summed E-state index contributed by atoms with van der Waals surface area (Å²) in [6.07, 6.45) is 3.41. The van der Waals surface area contributed by atoms with Gasteiger partial charge in [0, 0.05) is 22.4 Å². The molecular formula is C13H9BrN4OS. The molecule has 0 amide bonds. The van der Waals surface area contributed by atoms with Gasteiger partial charge < -0.3 is 4.52 Å². The van der Waals surface area contributed by atoms with E-state index in [1.807, 2.05) is 24.3 Å². The van der Waals surface area contributed by atoms with Crippen LogP contribution in [0.1, 0.15) is 5.89 Å². The second-order valence-electron chi connectivity index (χ2n) is 3.84. The van der Waals surface area contributed by atoms with Crippen molar-refractivity contribution in [3.63, 3.8) is 0 Å². The first-order chi connectivity index (χ1) is 9.81. The summed E-state index contributed by atoms with van der Waals surface area (Å²) in [6.45, 7) is 0. The highest BCUT2D eigenvalue weighted by molar-refractivity contribution is 9.10. The van der Waals surface area contributed by atoms with Crippen LogP contribution in [-0.4, -0.2) is 20.1 Å². The average molecular weight is 349 g/mol. The van der Waals surface area contributed by atoms with E-state index in [4.69, 9.17) is 4.52 Å². The Kier molecular flexibility index (Phi) is 4.08. The van der Waals surface area contributed by atoms with Crippen LogP contribution in [0.2, 0.25) is 0 Å². The summed E-state index contributed by atoms with van der Waals surface area (Å²) in [5.74, 6) is 1.68. The Morgan fingerprint density at radius 3 is 2.80 bits per heavy atom. The molecule has 3 aromatic rings. The molecule has 2 aromatic heterocycles. The van der Waals surface area contributed by atoms with Gasteiger partial charge in [-0.1, -0.05) is 45.0 Å². The highest BCUT2D eigenvalue weighted by Crippen LogP contribution is 2.22. The summed E-state index contributed by atoms with van der Waals surface area (Å²) in [7, 11) is 0. The van der Waals surface area contributed by atoms with Crippen LogP contribution < -0.4 is 0 Å². The molecule has 0 aliphatic rings. The Morgan fingerprint density at radius 2 is 2.00 bits per heavy atom. The van der Waals surface area contributed by atoms with Crippen molar-refractivity contribution in [3.8, 4) is 11.4 Å². The Bertz CT molecular complexity index is 704. The van der Waals surface area contributed by atoms with Crippen LogP contribution in [0.3, 0.4) is 0 Å². The fourth-order valence-corrected chi connectivity index (χ4v) is 2.58. The van der Waals surface area contributed by atoms with Gasteiger partial charge in [0.2, 0.25) is 11.7 Å². The Hall–Kier alpha value is -1.73. The number of aromatic nitrogens is 4. The van der Waals surface area contributed by atoms with Crippen LogP contribution >= 0.6 is 27.7 Å². The van der Waals surface area contributed by atoms with Crippen LogP contribution in [0.15, 0.2) is 56.9 Å². The van der Waals surface area contributed by atoms with Crippen molar-refractivity contribution in [2.45, 2.75) is 10.9 Å². The predicted octanol–water partition coefficient (Wildman–Crippen LogP) is 3.58. The SMILES string of the molecule is Brc1cccc(-c2noc(CSc3ncccn3)n2)c1. The summed E-state index contributed by atoms with van der Waals surface area (Å²) >= 11 is 4.88. The molecule has 0 N–H and O–H groups in total. The zero-order valence-corrected chi connectivity index (χ0v) is 12.6. The fraction of sp³-hybridized carbons (Fsp3) is 0.0769. The molecule has 0 unspecified atom stereocenters. The molecule has 0 fully saturated rings. The van der Waals surface area contributed by atoms with E-state index in [0.29, 0.717) is 22.6 Å². The van der Waals surface area contributed by atoms with Crippen molar-refractivity contribution in [1.29, 1.82) is 0 Å². The van der Waals surface area contributed by atoms with E-state index in [9.17, 15) is 0 Å². The predicted molar refractivity (Wildman–Crippen MR) is 79.0 cm³/mol. The molecule has 0 aliphatic carbocycles. The molecular weight excluding hydrogens is 340 g/mol. The topological polar surface area (TPSA) is 64.7 Å². The molecule has 7 heteroatoms. The van der Waals surface area contributed by atoms with Gasteiger partial charge in [0.15, 0.2) is 5.16 Å². The van der Waals surface area contributed by atoms with Crippen LogP contribution in [-0.2, 0) is 5.75 Å². The molecule has 0 bridgehead atoms. The zero-order chi connectivity index (χ0) is 13.8. The molecule has 0 radical (unpaired) electrons. The van der Waals surface area contributed by atoms with Gasteiger partial charge in [-0.25, -0.2) is 9.97 Å². The monoisotopic (exact) mass is 348 g/mol. The van der Waals surface area contributed by atoms with Gasteiger partial charge in [0.25, 0.3) is 0 Å². The maximum absolute atomic E-state index is 5.23. The van der Waals surface area contributed by atoms with E-state index in [2.05, 4.69) is 36.0 Å². The van der Waals surface area contributed by atoms with Crippen LogP contribution in [0.4, 0.5) is 0 Å². The summed E-state index contributed by atoms with van der Waals surface area (Å²) in [5, 5.41) is 4.67. The third-order valence-corrected chi connectivity index (χ3v) is 3.77. The van der Waals surface area contributed by atoms with Crippen LogP contribution in [0.25, 0.3) is 11.4 Å². The molecule has 5 nitrogen and oxygen atoms in total. The molecule has 1 aromatic carbocycles. The minimum Gasteiger partial charge on any atom is -0.338 e. The lowest BCUT2D eigenvalue weighted by atomic mass is 10.2. The molecule has 100 valence electrons. The van der Waals surface area contributed by atoms with E-state index in [1.165, 1.54) is 11.8 Å². The highest BCUT2D eigenvalue weighted by atomic mass is 79.9. The Morgan fingerprint density at radius 1 is 1.15 bits per heavy atom. The number of hydrogen-bond acceptors (Lipinski definition) is 6. The third kappa shape index (κ3) is 3.23. The molecule has 0 aliphatic heterocycles. The summed E-state index contributed by atoms with van der Waals surface area (Å²) in [5.41, 5.74) is 0.912. The van der Waals surface area contributed by atoms with Crippen molar-refractivity contribution < 1.29 is 4.52 Å². The van der Waals surface area contributed by atoms with E-state index in [-0.39, 0.29) is 0 Å². The van der Waals surface area contributed by atoms with Crippen LogP contribution in [0.5, 0.6) is 0 Å². The number of thioether (sulfide) groups is 1. The van der Waals surface area contributed by atoms with Gasteiger partial charge in [-0.05, 0) is 18.2 Å². The van der Waals surface area contributed by atoms with Gasteiger partial charge in [-0.3, -0.25) is 0 Å². The lowest BCUT2D eigenvalue weighted by molar-refractivity contribution is 0.391. The summed E-state index contributed by atoms with van der Waals surface area (Å²) in [4.78, 5) is 12.6. The smallest absolute Gasteiger partial charge is 0.237 e. The second kappa shape index (κ2) is 6.15. The third-order valence-electron chi connectivity index (χ3n) is 2.42. The molecule has 0 spiro atoms. The number of benzene rings is 1. The highest BCUT2D eigenvalue weighted by Gasteiger charge is 2.09.